The van der Waals surface area contributed by atoms with Crippen molar-refractivity contribution in [2.75, 3.05) is 0 Å². The van der Waals surface area contributed by atoms with Crippen LogP contribution in [0.25, 0.3) is 0 Å². The summed E-state index contributed by atoms with van der Waals surface area (Å²) in [6.07, 6.45) is 15.2. The van der Waals surface area contributed by atoms with E-state index >= 15 is 0 Å². The Kier molecular flexibility index (Phi) is 4.01. The highest BCUT2D eigenvalue weighted by Crippen LogP contribution is 2.43. The Labute approximate surface area is 146 Å². The van der Waals surface area contributed by atoms with Gasteiger partial charge >= 0.3 is 0 Å². The van der Waals surface area contributed by atoms with Gasteiger partial charge in [-0.3, -0.25) is 9.97 Å². The molecule has 0 saturated carbocycles. The molecular formula is C21H18N4+2. The first kappa shape index (κ1) is 15.1. The third kappa shape index (κ3) is 2.58. The second-order valence-electron chi connectivity index (χ2n) is 5.80. The molecule has 0 fully saturated rings. The Balaban J connectivity index is 2.13. The van der Waals surface area contributed by atoms with Crippen molar-refractivity contribution in [3.8, 4) is 0 Å². The molecule has 120 valence electrons. The molecule has 0 atom stereocenters. The van der Waals surface area contributed by atoms with Gasteiger partial charge in [-0.05, 0) is 46.5 Å². The van der Waals surface area contributed by atoms with Crippen LogP contribution in [0.5, 0.6) is 0 Å². The summed E-state index contributed by atoms with van der Waals surface area (Å²) >= 11 is 0. The van der Waals surface area contributed by atoms with Crippen LogP contribution < -0.4 is 9.97 Å². The van der Waals surface area contributed by atoms with Gasteiger partial charge in [0.15, 0.2) is 24.8 Å². The number of H-pyrrole nitrogens is 2. The van der Waals surface area contributed by atoms with Crippen LogP contribution >= 0.6 is 0 Å². The molecule has 4 nitrogen and oxygen atoms in total. The standard InChI is InChI=1S/C21H16N4/c1-9-22-10-2-17(1)21(18-3-11-23-12-4-18,19-5-13-24-14-6-19)20-7-15-25-16-8-20/h1-16H/p+2. The van der Waals surface area contributed by atoms with E-state index < -0.39 is 5.41 Å². The van der Waals surface area contributed by atoms with Gasteiger partial charge < -0.3 is 0 Å². The fraction of sp³-hybridized carbons (Fsp3) is 0.0476. The van der Waals surface area contributed by atoms with Gasteiger partial charge in [-0.2, -0.15) is 0 Å². The molecule has 0 amide bonds. The van der Waals surface area contributed by atoms with Crippen LogP contribution in [0.3, 0.4) is 0 Å². The second kappa shape index (κ2) is 6.61. The molecule has 0 aliphatic rings. The summed E-state index contributed by atoms with van der Waals surface area (Å²) in [6.45, 7) is 0. The minimum atomic E-state index is -0.448. The first-order chi connectivity index (χ1) is 12.4. The lowest BCUT2D eigenvalue weighted by Crippen LogP contribution is -2.32. The van der Waals surface area contributed by atoms with Gasteiger partial charge in [0.1, 0.15) is 0 Å². The highest BCUT2D eigenvalue weighted by atomic mass is 14.6. The van der Waals surface area contributed by atoms with Crippen molar-refractivity contribution < 1.29 is 9.97 Å². The number of aromatic amines is 2. The van der Waals surface area contributed by atoms with Gasteiger partial charge in [-0.1, -0.05) is 0 Å². The Morgan fingerprint density at radius 2 is 0.800 bits per heavy atom. The maximum atomic E-state index is 4.22. The Hall–Kier alpha value is -3.40. The molecular weight excluding hydrogens is 308 g/mol. The number of hydrogen-bond acceptors (Lipinski definition) is 2. The summed E-state index contributed by atoms with van der Waals surface area (Å²) in [6, 6.07) is 16.8. The third-order valence-electron chi connectivity index (χ3n) is 4.53. The van der Waals surface area contributed by atoms with Gasteiger partial charge in [0.25, 0.3) is 0 Å². The Bertz CT molecular complexity index is 763. The van der Waals surface area contributed by atoms with E-state index in [1.807, 2.05) is 49.6 Å². The number of nitrogens with one attached hydrogen (secondary N) is 2. The lowest BCUT2D eigenvalue weighted by atomic mass is 9.66. The third-order valence-corrected chi connectivity index (χ3v) is 4.53. The quantitative estimate of drug-likeness (QED) is 0.578. The van der Waals surface area contributed by atoms with E-state index in [2.05, 4.69) is 68.5 Å². The largest absolute Gasteiger partial charge is 0.265 e. The smallest absolute Gasteiger partial charge is 0.167 e. The average Bonchev–Trinajstić information content (AvgIpc) is 2.72. The van der Waals surface area contributed by atoms with Crippen LogP contribution in [-0.4, -0.2) is 9.97 Å². The van der Waals surface area contributed by atoms with Gasteiger partial charge in [0.2, 0.25) is 0 Å². The molecule has 4 heteroatoms. The fourth-order valence-electron chi connectivity index (χ4n) is 3.48. The predicted octanol–water partition coefficient (Wildman–Crippen LogP) is 2.49. The van der Waals surface area contributed by atoms with Crippen LogP contribution in [0.2, 0.25) is 0 Å². The molecule has 0 aliphatic carbocycles. The molecule has 4 heterocycles. The van der Waals surface area contributed by atoms with E-state index in [9.17, 15) is 0 Å². The zero-order chi connectivity index (χ0) is 17.0. The molecule has 2 N–H and O–H groups in total. The van der Waals surface area contributed by atoms with E-state index in [0.717, 1.165) is 11.1 Å². The van der Waals surface area contributed by atoms with Crippen LogP contribution in [0.1, 0.15) is 22.3 Å². The van der Waals surface area contributed by atoms with E-state index in [1.54, 1.807) is 0 Å². The van der Waals surface area contributed by atoms with Crippen molar-refractivity contribution in [2.45, 2.75) is 5.41 Å². The SMILES string of the molecule is c1cc(C(c2ccncc2)(c2cc[nH+]cc2)c2cc[nH+]cc2)ccn1. The molecule has 0 bridgehead atoms. The lowest BCUT2D eigenvalue weighted by molar-refractivity contribution is -0.378. The highest BCUT2D eigenvalue weighted by Gasteiger charge is 2.39. The van der Waals surface area contributed by atoms with Crippen LogP contribution in [0.15, 0.2) is 98.1 Å². The number of nitrogens with zero attached hydrogens (tertiary/aromatic N) is 2. The van der Waals surface area contributed by atoms with Crippen molar-refractivity contribution in [1.29, 1.82) is 0 Å². The summed E-state index contributed by atoms with van der Waals surface area (Å²) in [5.41, 5.74) is 4.22. The number of aromatic nitrogens is 4. The van der Waals surface area contributed by atoms with Crippen LogP contribution in [-0.2, 0) is 5.41 Å². The monoisotopic (exact) mass is 326 g/mol. The minimum Gasteiger partial charge on any atom is -0.265 e. The lowest BCUT2D eigenvalue weighted by Gasteiger charge is -2.35. The van der Waals surface area contributed by atoms with Crippen LogP contribution in [0.4, 0.5) is 0 Å². The summed E-state index contributed by atoms with van der Waals surface area (Å²) in [5, 5.41) is 0. The molecule has 0 spiro atoms. The number of rotatable bonds is 4. The topological polar surface area (TPSA) is 54.1 Å². The van der Waals surface area contributed by atoms with E-state index in [4.69, 9.17) is 0 Å². The molecule has 4 rings (SSSR count). The molecule has 4 aromatic rings. The molecule has 0 aliphatic heterocycles. The zero-order valence-electron chi connectivity index (χ0n) is 13.6. The number of pyridine rings is 4. The molecule has 0 saturated heterocycles. The van der Waals surface area contributed by atoms with Gasteiger partial charge in [0.05, 0.1) is 5.41 Å². The van der Waals surface area contributed by atoms with Crippen molar-refractivity contribution in [3.05, 3.63) is 120 Å². The maximum absolute atomic E-state index is 4.22. The summed E-state index contributed by atoms with van der Waals surface area (Å²) in [4.78, 5) is 14.7. The van der Waals surface area contributed by atoms with E-state index in [0.29, 0.717) is 0 Å². The van der Waals surface area contributed by atoms with Crippen molar-refractivity contribution >= 4 is 0 Å². The van der Waals surface area contributed by atoms with Gasteiger partial charge in [0, 0.05) is 49.1 Å². The molecule has 0 radical (unpaired) electrons. The summed E-state index contributed by atoms with van der Waals surface area (Å²) in [7, 11) is 0. The molecule has 25 heavy (non-hydrogen) atoms. The second-order valence-corrected chi connectivity index (χ2v) is 5.80. The fourth-order valence-corrected chi connectivity index (χ4v) is 3.48. The summed E-state index contributed by atoms with van der Waals surface area (Å²) in [5.74, 6) is 0. The average molecular weight is 326 g/mol. The van der Waals surface area contributed by atoms with E-state index in [1.165, 1.54) is 11.1 Å². The Morgan fingerprint density at radius 3 is 1.16 bits per heavy atom. The van der Waals surface area contributed by atoms with Crippen molar-refractivity contribution in [3.63, 3.8) is 0 Å². The van der Waals surface area contributed by atoms with Crippen molar-refractivity contribution in [2.24, 2.45) is 0 Å². The first-order valence-corrected chi connectivity index (χ1v) is 8.16. The Morgan fingerprint density at radius 1 is 0.480 bits per heavy atom. The van der Waals surface area contributed by atoms with Crippen molar-refractivity contribution in [1.82, 2.24) is 9.97 Å². The first-order valence-electron chi connectivity index (χ1n) is 8.16. The van der Waals surface area contributed by atoms with Gasteiger partial charge in [-0.15, -0.1) is 0 Å². The minimum absolute atomic E-state index is 0.448. The maximum Gasteiger partial charge on any atom is 0.167 e. The van der Waals surface area contributed by atoms with Crippen LogP contribution in [0, 0.1) is 0 Å². The zero-order valence-corrected chi connectivity index (χ0v) is 13.6. The summed E-state index contributed by atoms with van der Waals surface area (Å²) < 4.78 is 0. The molecule has 0 unspecified atom stereocenters. The van der Waals surface area contributed by atoms with E-state index in [-0.39, 0.29) is 0 Å². The molecule has 4 aromatic heterocycles. The number of hydrogen-bond donors (Lipinski definition) is 0. The predicted molar refractivity (Wildman–Crippen MR) is 93.5 cm³/mol. The highest BCUT2D eigenvalue weighted by molar-refractivity contribution is 5.58. The van der Waals surface area contributed by atoms with Gasteiger partial charge in [-0.25, -0.2) is 9.97 Å². The molecule has 0 aromatic carbocycles. The normalized spacial score (nSPS) is 11.2.